The van der Waals surface area contributed by atoms with Gasteiger partial charge in [0.1, 0.15) is 6.61 Å². The zero-order chi connectivity index (χ0) is 12.9. The van der Waals surface area contributed by atoms with Gasteiger partial charge in [-0.15, -0.1) is 0 Å². The van der Waals surface area contributed by atoms with E-state index in [9.17, 15) is 13.2 Å². The van der Waals surface area contributed by atoms with Gasteiger partial charge in [-0.1, -0.05) is 0 Å². The molecular weight excluding hydrogens is 238 g/mol. The number of hydrogen-bond donors (Lipinski definition) is 2. The van der Waals surface area contributed by atoms with Crippen LogP contribution >= 0.6 is 0 Å². The fourth-order valence-corrected chi connectivity index (χ4v) is 0.832. The summed E-state index contributed by atoms with van der Waals surface area (Å²) in [5.74, 6) is -0.104. The first-order valence-corrected chi connectivity index (χ1v) is 6.24. The van der Waals surface area contributed by atoms with Gasteiger partial charge in [-0.3, -0.25) is 9.12 Å². The highest BCUT2D eigenvalue weighted by Gasteiger charge is 2.06. The van der Waals surface area contributed by atoms with E-state index in [0.717, 1.165) is 0 Å². The molecule has 0 spiro atoms. The van der Waals surface area contributed by atoms with Crippen molar-refractivity contribution in [1.82, 2.24) is 4.57 Å². The standard InChI is InChI=1S/C7H11NO3.CH4O3S/c1-5(2)8-3-6(4-9)11-7(8)10;1-5(2,3)4/h3,5,9H,4H2,1-2H3;1H3,(H,2,3,4). The third-order valence-electron chi connectivity index (χ3n) is 1.42. The van der Waals surface area contributed by atoms with Crippen LogP contribution in [0.4, 0.5) is 0 Å². The van der Waals surface area contributed by atoms with E-state index < -0.39 is 15.9 Å². The molecule has 0 saturated heterocycles. The maximum atomic E-state index is 10.9. The smallest absolute Gasteiger partial charge is 0.410 e. The Labute approximate surface area is 93.1 Å². The highest BCUT2D eigenvalue weighted by molar-refractivity contribution is 7.85. The van der Waals surface area contributed by atoms with E-state index >= 15 is 0 Å². The minimum absolute atomic E-state index is 0.0755. The van der Waals surface area contributed by atoms with Gasteiger partial charge in [0, 0.05) is 6.04 Å². The SMILES string of the molecule is CC(C)n1cc(CO)oc1=O.CS(=O)(=O)O. The van der Waals surface area contributed by atoms with Crippen molar-refractivity contribution in [2.75, 3.05) is 6.26 Å². The fraction of sp³-hybridized carbons (Fsp3) is 0.625. The number of aliphatic hydroxyl groups is 1. The maximum Gasteiger partial charge on any atom is 0.419 e. The Morgan fingerprint density at radius 3 is 2.12 bits per heavy atom. The minimum Gasteiger partial charge on any atom is -0.410 e. The Bertz CT molecular complexity index is 461. The number of oxazole rings is 1. The summed E-state index contributed by atoms with van der Waals surface area (Å²) in [5.41, 5.74) is 0. The maximum absolute atomic E-state index is 10.9. The van der Waals surface area contributed by atoms with Crippen molar-refractivity contribution in [3.63, 3.8) is 0 Å². The molecular formula is C8H15NO6S. The lowest BCUT2D eigenvalue weighted by Crippen LogP contribution is -2.14. The summed E-state index contributed by atoms with van der Waals surface area (Å²) in [6.07, 6.45) is 2.24. The summed E-state index contributed by atoms with van der Waals surface area (Å²) in [5, 5.41) is 8.61. The minimum atomic E-state index is -3.67. The van der Waals surface area contributed by atoms with Gasteiger partial charge in [0.2, 0.25) is 0 Å². The van der Waals surface area contributed by atoms with Gasteiger partial charge in [-0.25, -0.2) is 4.79 Å². The number of nitrogens with zero attached hydrogens (tertiary/aromatic N) is 1. The molecule has 8 heteroatoms. The van der Waals surface area contributed by atoms with Crippen molar-refractivity contribution in [3.8, 4) is 0 Å². The van der Waals surface area contributed by atoms with Crippen LogP contribution in [0.3, 0.4) is 0 Å². The van der Waals surface area contributed by atoms with Crippen LogP contribution < -0.4 is 5.76 Å². The summed E-state index contributed by atoms with van der Waals surface area (Å²) in [4.78, 5) is 10.9. The van der Waals surface area contributed by atoms with Crippen LogP contribution in [-0.2, 0) is 16.7 Å². The van der Waals surface area contributed by atoms with Crippen LogP contribution in [0.2, 0.25) is 0 Å². The van der Waals surface area contributed by atoms with E-state index in [4.69, 9.17) is 9.66 Å². The second kappa shape index (κ2) is 5.83. The molecule has 0 saturated carbocycles. The van der Waals surface area contributed by atoms with Gasteiger partial charge in [0.15, 0.2) is 5.76 Å². The van der Waals surface area contributed by atoms with Crippen LogP contribution in [0, 0.1) is 0 Å². The predicted molar refractivity (Wildman–Crippen MR) is 56.7 cm³/mol. The second-order valence-corrected chi connectivity index (χ2v) is 4.82. The van der Waals surface area contributed by atoms with Crippen LogP contribution in [0.15, 0.2) is 15.4 Å². The van der Waals surface area contributed by atoms with E-state index in [2.05, 4.69) is 4.42 Å². The van der Waals surface area contributed by atoms with Crippen molar-refractivity contribution >= 4 is 10.1 Å². The molecule has 0 unspecified atom stereocenters. The zero-order valence-corrected chi connectivity index (χ0v) is 10.1. The first-order valence-electron chi connectivity index (χ1n) is 4.39. The van der Waals surface area contributed by atoms with Crippen LogP contribution in [-0.4, -0.2) is 28.9 Å². The number of rotatable bonds is 2. The molecule has 1 aromatic heterocycles. The Hall–Kier alpha value is -1.12. The molecule has 0 aliphatic rings. The zero-order valence-electron chi connectivity index (χ0n) is 9.24. The van der Waals surface area contributed by atoms with E-state index in [-0.39, 0.29) is 12.6 Å². The van der Waals surface area contributed by atoms with Gasteiger partial charge >= 0.3 is 5.76 Å². The lowest BCUT2D eigenvalue weighted by Gasteiger charge is -2.00. The molecule has 0 fully saturated rings. The quantitative estimate of drug-likeness (QED) is 0.719. The molecule has 1 heterocycles. The fourth-order valence-electron chi connectivity index (χ4n) is 0.832. The topological polar surface area (TPSA) is 110 Å². The summed E-state index contributed by atoms with van der Waals surface area (Å²) in [7, 11) is -3.67. The van der Waals surface area contributed by atoms with E-state index in [1.54, 1.807) is 0 Å². The Kier molecular flexibility index (Phi) is 5.42. The van der Waals surface area contributed by atoms with Crippen LogP contribution in [0.1, 0.15) is 25.6 Å². The molecule has 1 rings (SSSR count). The predicted octanol–water partition coefficient (Wildman–Crippen LogP) is 0.0185. The lowest BCUT2D eigenvalue weighted by atomic mass is 10.4. The van der Waals surface area contributed by atoms with Crippen molar-refractivity contribution in [2.45, 2.75) is 26.5 Å². The molecule has 16 heavy (non-hydrogen) atoms. The molecule has 0 atom stereocenters. The third kappa shape index (κ3) is 6.38. The molecule has 0 bridgehead atoms. The molecule has 0 aliphatic carbocycles. The van der Waals surface area contributed by atoms with Crippen LogP contribution in [0.5, 0.6) is 0 Å². The Morgan fingerprint density at radius 1 is 1.50 bits per heavy atom. The summed E-state index contributed by atoms with van der Waals surface area (Å²) in [6, 6.07) is 0.0755. The summed E-state index contributed by atoms with van der Waals surface area (Å²) >= 11 is 0. The van der Waals surface area contributed by atoms with Gasteiger partial charge in [0.25, 0.3) is 10.1 Å². The number of hydrogen-bond acceptors (Lipinski definition) is 5. The Balaban J connectivity index is 0.000000385. The van der Waals surface area contributed by atoms with Crippen molar-refractivity contribution in [3.05, 3.63) is 22.5 Å². The molecule has 0 radical (unpaired) electrons. The van der Waals surface area contributed by atoms with Crippen molar-refractivity contribution in [1.29, 1.82) is 0 Å². The van der Waals surface area contributed by atoms with E-state index in [1.807, 2.05) is 13.8 Å². The second-order valence-electron chi connectivity index (χ2n) is 3.36. The molecule has 1 aromatic rings. The molecule has 0 aliphatic heterocycles. The highest BCUT2D eigenvalue weighted by Crippen LogP contribution is 2.03. The molecule has 2 N–H and O–H groups in total. The van der Waals surface area contributed by atoms with Gasteiger partial charge in [-0.2, -0.15) is 8.42 Å². The third-order valence-corrected chi connectivity index (χ3v) is 1.42. The molecule has 0 aromatic carbocycles. The molecule has 7 nitrogen and oxygen atoms in total. The van der Waals surface area contributed by atoms with E-state index in [1.165, 1.54) is 10.8 Å². The average Bonchev–Trinajstić information content (AvgIpc) is 2.43. The molecule has 94 valence electrons. The summed E-state index contributed by atoms with van der Waals surface area (Å²) in [6.45, 7) is 3.52. The largest absolute Gasteiger partial charge is 0.419 e. The Morgan fingerprint density at radius 2 is 1.94 bits per heavy atom. The van der Waals surface area contributed by atoms with Crippen molar-refractivity contribution < 1.29 is 22.5 Å². The van der Waals surface area contributed by atoms with Gasteiger partial charge in [0.05, 0.1) is 12.5 Å². The average molecular weight is 253 g/mol. The van der Waals surface area contributed by atoms with Gasteiger partial charge < -0.3 is 9.52 Å². The lowest BCUT2D eigenvalue weighted by molar-refractivity contribution is 0.243. The highest BCUT2D eigenvalue weighted by atomic mass is 32.2. The normalized spacial score (nSPS) is 11.1. The molecule has 0 amide bonds. The van der Waals surface area contributed by atoms with Crippen LogP contribution in [0.25, 0.3) is 0 Å². The van der Waals surface area contributed by atoms with E-state index in [0.29, 0.717) is 12.0 Å². The summed E-state index contributed by atoms with van der Waals surface area (Å²) < 4.78 is 32.0. The van der Waals surface area contributed by atoms with Crippen molar-refractivity contribution in [2.24, 2.45) is 0 Å². The monoisotopic (exact) mass is 253 g/mol. The first-order chi connectivity index (χ1) is 7.15. The number of aliphatic hydroxyl groups excluding tert-OH is 1. The van der Waals surface area contributed by atoms with Gasteiger partial charge in [-0.05, 0) is 13.8 Å². The first kappa shape index (κ1) is 14.9. The number of aromatic nitrogens is 1.